The van der Waals surface area contributed by atoms with Crippen LogP contribution in [0.25, 0.3) is 0 Å². The van der Waals surface area contributed by atoms with Gasteiger partial charge in [-0.1, -0.05) is 25.6 Å². The van der Waals surface area contributed by atoms with Crippen LogP contribution in [0, 0.1) is 11.8 Å². The SMILES string of the molecule is CC(=O)SCC(CC(C)C)C(=O)NCCCCC(=O)O. The van der Waals surface area contributed by atoms with Crippen LogP contribution in [0.5, 0.6) is 0 Å². The van der Waals surface area contributed by atoms with Gasteiger partial charge in [0.1, 0.15) is 0 Å². The zero-order chi connectivity index (χ0) is 15.5. The minimum absolute atomic E-state index is 0.0213. The van der Waals surface area contributed by atoms with Gasteiger partial charge < -0.3 is 10.4 Å². The lowest BCUT2D eigenvalue weighted by molar-refractivity contribution is -0.137. The first kappa shape index (κ1) is 19.0. The summed E-state index contributed by atoms with van der Waals surface area (Å²) in [5.41, 5.74) is 0. The molecule has 0 saturated heterocycles. The summed E-state index contributed by atoms with van der Waals surface area (Å²) < 4.78 is 0. The molecule has 1 atom stereocenters. The molecule has 0 aliphatic rings. The Bertz CT molecular complexity index is 331. The molecular weight excluding hydrogens is 278 g/mol. The Morgan fingerprint density at radius 3 is 2.35 bits per heavy atom. The molecular formula is C14H25NO4S. The second-order valence-corrected chi connectivity index (χ2v) is 6.47. The van der Waals surface area contributed by atoms with Crippen LogP contribution in [0.4, 0.5) is 0 Å². The van der Waals surface area contributed by atoms with Gasteiger partial charge in [0.2, 0.25) is 5.91 Å². The van der Waals surface area contributed by atoms with Crippen molar-refractivity contribution in [3.05, 3.63) is 0 Å². The minimum Gasteiger partial charge on any atom is -0.481 e. The third-order valence-corrected chi connectivity index (χ3v) is 3.71. The Kier molecular flexibility index (Phi) is 10.2. The van der Waals surface area contributed by atoms with Crippen molar-refractivity contribution in [2.24, 2.45) is 11.8 Å². The molecule has 0 fully saturated rings. The maximum absolute atomic E-state index is 12.0. The van der Waals surface area contributed by atoms with E-state index in [0.29, 0.717) is 31.1 Å². The van der Waals surface area contributed by atoms with Crippen molar-refractivity contribution in [2.75, 3.05) is 12.3 Å². The second kappa shape index (κ2) is 10.7. The normalized spacial score (nSPS) is 12.2. The average molecular weight is 303 g/mol. The second-order valence-electron chi connectivity index (χ2n) is 5.27. The summed E-state index contributed by atoms with van der Waals surface area (Å²) in [4.78, 5) is 33.4. The van der Waals surface area contributed by atoms with Crippen LogP contribution >= 0.6 is 11.8 Å². The molecule has 20 heavy (non-hydrogen) atoms. The Hall–Kier alpha value is -1.04. The fourth-order valence-corrected chi connectivity index (χ4v) is 2.52. The zero-order valence-corrected chi connectivity index (χ0v) is 13.3. The number of hydrogen-bond acceptors (Lipinski definition) is 4. The Morgan fingerprint density at radius 2 is 1.85 bits per heavy atom. The molecule has 0 spiro atoms. The van der Waals surface area contributed by atoms with Crippen LogP contribution in [0.1, 0.15) is 46.5 Å². The monoisotopic (exact) mass is 303 g/mol. The number of carboxylic acid groups (broad SMARTS) is 1. The van der Waals surface area contributed by atoms with Crippen LogP contribution in [0.15, 0.2) is 0 Å². The summed E-state index contributed by atoms with van der Waals surface area (Å²) in [5.74, 6) is -0.114. The quantitative estimate of drug-likeness (QED) is 0.605. The number of carbonyl (C=O) groups is 3. The first-order valence-electron chi connectivity index (χ1n) is 6.95. The number of carboxylic acids is 1. The molecule has 0 rings (SSSR count). The van der Waals surface area contributed by atoms with E-state index in [4.69, 9.17) is 5.11 Å². The molecule has 0 aliphatic heterocycles. The number of carbonyl (C=O) groups excluding carboxylic acids is 2. The van der Waals surface area contributed by atoms with Crippen molar-refractivity contribution < 1.29 is 19.5 Å². The molecule has 116 valence electrons. The van der Waals surface area contributed by atoms with E-state index in [1.165, 1.54) is 18.7 Å². The van der Waals surface area contributed by atoms with Gasteiger partial charge in [0, 0.05) is 31.6 Å². The van der Waals surface area contributed by atoms with E-state index < -0.39 is 5.97 Å². The van der Waals surface area contributed by atoms with Crippen LogP contribution in [-0.4, -0.2) is 34.4 Å². The first-order valence-corrected chi connectivity index (χ1v) is 7.94. The van der Waals surface area contributed by atoms with E-state index in [9.17, 15) is 14.4 Å². The molecule has 0 aliphatic carbocycles. The van der Waals surface area contributed by atoms with Crippen molar-refractivity contribution in [2.45, 2.75) is 46.5 Å². The standard InChI is InChI=1S/C14H25NO4S/c1-10(2)8-12(9-20-11(3)16)14(19)15-7-5-4-6-13(17)18/h10,12H,4-9H2,1-3H3,(H,15,19)(H,17,18). The molecule has 1 amide bonds. The summed E-state index contributed by atoms with van der Waals surface area (Å²) in [7, 11) is 0. The van der Waals surface area contributed by atoms with Gasteiger partial charge in [0.15, 0.2) is 5.12 Å². The molecule has 0 saturated carbocycles. The van der Waals surface area contributed by atoms with Gasteiger partial charge in [-0.25, -0.2) is 0 Å². The van der Waals surface area contributed by atoms with Crippen LogP contribution in [-0.2, 0) is 14.4 Å². The maximum Gasteiger partial charge on any atom is 0.303 e. The van der Waals surface area contributed by atoms with Crippen molar-refractivity contribution in [3.8, 4) is 0 Å². The van der Waals surface area contributed by atoms with Crippen LogP contribution in [0.3, 0.4) is 0 Å². The summed E-state index contributed by atoms with van der Waals surface area (Å²) in [5, 5.41) is 11.4. The predicted octanol–water partition coefficient (Wildman–Crippen LogP) is 2.30. The lowest BCUT2D eigenvalue weighted by Crippen LogP contribution is -2.33. The fourth-order valence-electron chi connectivity index (χ4n) is 1.79. The molecule has 6 heteroatoms. The molecule has 0 aromatic rings. The van der Waals surface area contributed by atoms with E-state index >= 15 is 0 Å². The summed E-state index contributed by atoms with van der Waals surface area (Å²) in [6.07, 6.45) is 2.10. The van der Waals surface area contributed by atoms with Gasteiger partial charge in [-0.15, -0.1) is 0 Å². The number of unbranched alkanes of at least 4 members (excludes halogenated alkanes) is 1. The Balaban J connectivity index is 4.05. The Labute approximate surface area is 124 Å². The zero-order valence-electron chi connectivity index (χ0n) is 12.5. The molecule has 5 nitrogen and oxygen atoms in total. The number of nitrogens with one attached hydrogen (secondary N) is 1. The number of hydrogen-bond donors (Lipinski definition) is 2. The summed E-state index contributed by atoms with van der Waals surface area (Å²) in [6, 6.07) is 0. The van der Waals surface area contributed by atoms with Gasteiger partial charge >= 0.3 is 5.97 Å². The lowest BCUT2D eigenvalue weighted by atomic mass is 9.98. The molecule has 0 radical (unpaired) electrons. The van der Waals surface area contributed by atoms with E-state index in [1.54, 1.807) is 0 Å². The van der Waals surface area contributed by atoms with Gasteiger partial charge in [0.25, 0.3) is 0 Å². The maximum atomic E-state index is 12.0. The van der Waals surface area contributed by atoms with Gasteiger partial charge in [-0.05, 0) is 25.2 Å². The van der Waals surface area contributed by atoms with E-state index in [0.717, 1.165) is 6.42 Å². The van der Waals surface area contributed by atoms with Gasteiger partial charge in [0.05, 0.1) is 0 Å². The third kappa shape index (κ3) is 10.8. The summed E-state index contributed by atoms with van der Waals surface area (Å²) in [6.45, 7) is 6.09. The molecule has 0 heterocycles. The van der Waals surface area contributed by atoms with Crippen molar-refractivity contribution in [3.63, 3.8) is 0 Å². The van der Waals surface area contributed by atoms with Crippen LogP contribution in [0.2, 0.25) is 0 Å². The fraction of sp³-hybridized carbons (Fsp3) is 0.786. The molecule has 0 aromatic carbocycles. The topological polar surface area (TPSA) is 83.5 Å². The van der Waals surface area contributed by atoms with Crippen molar-refractivity contribution in [1.82, 2.24) is 5.32 Å². The van der Waals surface area contributed by atoms with Crippen molar-refractivity contribution >= 4 is 28.8 Å². The highest BCUT2D eigenvalue weighted by atomic mass is 32.2. The van der Waals surface area contributed by atoms with Gasteiger partial charge in [-0.2, -0.15) is 0 Å². The average Bonchev–Trinajstić information content (AvgIpc) is 2.32. The number of thioether (sulfide) groups is 1. The number of amides is 1. The predicted molar refractivity (Wildman–Crippen MR) is 80.6 cm³/mol. The third-order valence-electron chi connectivity index (χ3n) is 2.73. The van der Waals surface area contributed by atoms with E-state index in [2.05, 4.69) is 5.32 Å². The summed E-state index contributed by atoms with van der Waals surface area (Å²) >= 11 is 1.18. The van der Waals surface area contributed by atoms with E-state index in [-0.39, 0.29) is 23.4 Å². The molecule has 0 bridgehead atoms. The van der Waals surface area contributed by atoms with E-state index in [1.807, 2.05) is 13.8 Å². The lowest BCUT2D eigenvalue weighted by Gasteiger charge is -2.17. The molecule has 1 unspecified atom stereocenters. The smallest absolute Gasteiger partial charge is 0.303 e. The largest absolute Gasteiger partial charge is 0.481 e. The van der Waals surface area contributed by atoms with Crippen molar-refractivity contribution in [1.29, 1.82) is 0 Å². The number of rotatable bonds is 10. The number of aliphatic carboxylic acids is 1. The van der Waals surface area contributed by atoms with Gasteiger partial charge in [-0.3, -0.25) is 14.4 Å². The highest BCUT2D eigenvalue weighted by molar-refractivity contribution is 8.13. The molecule has 2 N–H and O–H groups in total. The molecule has 0 aromatic heterocycles. The highest BCUT2D eigenvalue weighted by Gasteiger charge is 2.20. The van der Waals surface area contributed by atoms with Crippen LogP contribution < -0.4 is 5.32 Å². The minimum atomic E-state index is -0.813. The first-order chi connectivity index (χ1) is 9.32. The highest BCUT2D eigenvalue weighted by Crippen LogP contribution is 2.18. The Morgan fingerprint density at radius 1 is 1.20 bits per heavy atom.